The zero-order valence-corrected chi connectivity index (χ0v) is 33.0. The Balaban J connectivity index is 0.967. The summed E-state index contributed by atoms with van der Waals surface area (Å²) < 4.78 is 2.41. The van der Waals surface area contributed by atoms with E-state index in [-0.39, 0.29) is 0 Å². The van der Waals surface area contributed by atoms with Crippen molar-refractivity contribution < 1.29 is 0 Å². The van der Waals surface area contributed by atoms with Gasteiger partial charge in [-0.1, -0.05) is 182 Å². The molecule has 0 atom stereocenters. The molecule has 11 aromatic rings. The third kappa shape index (κ3) is 6.32. The summed E-state index contributed by atoms with van der Waals surface area (Å²) in [7, 11) is 0. The molecule has 60 heavy (non-hydrogen) atoms. The molecule has 1 aromatic heterocycles. The number of benzene rings is 10. The minimum absolute atomic E-state index is 1.09. The number of hydrogen-bond acceptors (Lipinski definition) is 1. The van der Waals surface area contributed by atoms with Crippen molar-refractivity contribution in [3.05, 3.63) is 243 Å². The maximum atomic E-state index is 2.41. The van der Waals surface area contributed by atoms with Crippen LogP contribution in [-0.2, 0) is 0 Å². The van der Waals surface area contributed by atoms with Crippen molar-refractivity contribution in [1.82, 2.24) is 4.57 Å². The predicted octanol–water partition coefficient (Wildman–Crippen LogP) is 16.1. The smallest absolute Gasteiger partial charge is 0.0547 e. The van der Waals surface area contributed by atoms with Gasteiger partial charge in [0.25, 0.3) is 0 Å². The second-order valence-corrected chi connectivity index (χ2v) is 15.3. The highest BCUT2D eigenvalue weighted by Gasteiger charge is 2.19. The first-order chi connectivity index (χ1) is 29.8. The van der Waals surface area contributed by atoms with Crippen LogP contribution >= 0.6 is 0 Å². The summed E-state index contributed by atoms with van der Waals surface area (Å²) in [6, 6.07) is 87.8. The van der Waals surface area contributed by atoms with Crippen LogP contribution in [0.1, 0.15) is 0 Å². The van der Waals surface area contributed by atoms with Gasteiger partial charge in [-0.15, -0.1) is 0 Å². The van der Waals surface area contributed by atoms with Crippen LogP contribution in [0.25, 0.3) is 82.8 Å². The fraction of sp³-hybridized carbons (Fsp3) is 0. The molecule has 0 aliphatic heterocycles. The van der Waals surface area contributed by atoms with Crippen LogP contribution in [0.4, 0.5) is 17.1 Å². The highest BCUT2D eigenvalue weighted by atomic mass is 15.1. The van der Waals surface area contributed by atoms with Gasteiger partial charge in [-0.25, -0.2) is 0 Å². The van der Waals surface area contributed by atoms with E-state index in [1.54, 1.807) is 0 Å². The number of para-hydroxylation sites is 2. The Morgan fingerprint density at radius 1 is 0.283 bits per heavy atom. The lowest BCUT2D eigenvalue weighted by Crippen LogP contribution is -2.11. The average Bonchev–Trinajstić information content (AvgIpc) is 3.65. The summed E-state index contributed by atoms with van der Waals surface area (Å²) in [4.78, 5) is 2.38. The van der Waals surface area contributed by atoms with Crippen LogP contribution in [-0.4, -0.2) is 4.57 Å². The van der Waals surface area contributed by atoms with E-state index in [2.05, 4.69) is 252 Å². The van der Waals surface area contributed by atoms with Gasteiger partial charge in [-0.3, -0.25) is 0 Å². The molecule has 0 aliphatic rings. The van der Waals surface area contributed by atoms with Gasteiger partial charge in [-0.05, 0) is 110 Å². The molecule has 2 heteroatoms. The molecule has 0 N–H and O–H groups in total. The standard InChI is InChI=1S/C58H40N2/c1-3-15-41(16-4-1)42-27-33-48(34-28-42)59(56-25-13-11-23-53(56)43-17-5-2-6-18-43)49-35-29-44(30-36-49)51-21-9-10-22-52(51)45-31-37-50(38-32-45)60-57-26-14-12-24-54(57)55-39-46-19-7-8-20-47(46)40-58(55)60/h1-40H. The number of aromatic nitrogens is 1. The van der Waals surface area contributed by atoms with Crippen molar-refractivity contribution in [3.8, 4) is 50.2 Å². The maximum Gasteiger partial charge on any atom is 0.0547 e. The van der Waals surface area contributed by atoms with Gasteiger partial charge in [0.15, 0.2) is 0 Å². The van der Waals surface area contributed by atoms with Gasteiger partial charge in [-0.2, -0.15) is 0 Å². The Morgan fingerprint density at radius 3 is 1.38 bits per heavy atom. The SMILES string of the molecule is c1ccc(-c2ccc(N(c3ccc(-c4ccccc4-c4ccc(-n5c6ccccc6c6cc7ccccc7cc65)cc4)cc3)c3ccccc3-c3ccccc3)cc2)cc1. The summed E-state index contributed by atoms with van der Waals surface area (Å²) in [5.74, 6) is 0. The molecule has 0 spiro atoms. The Hall–Kier alpha value is -7.94. The van der Waals surface area contributed by atoms with Gasteiger partial charge in [0, 0.05) is 33.4 Å². The normalized spacial score (nSPS) is 11.3. The molecule has 0 saturated heterocycles. The van der Waals surface area contributed by atoms with E-state index in [4.69, 9.17) is 0 Å². The van der Waals surface area contributed by atoms with E-state index < -0.39 is 0 Å². The minimum atomic E-state index is 1.09. The van der Waals surface area contributed by atoms with Crippen LogP contribution in [0.2, 0.25) is 0 Å². The van der Waals surface area contributed by atoms with Gasteiger partial charge < -0.3 is 9.47 Å². The van der Waals surface area contributed by atoms with Crippen LogP contribution in [0.3, 0.4) is 0 Å². The zero-order valence-electron chi connectivity index (χ0n) is 33.0. The van der Waals surface area contributed by atoms with E-state index in [1.807, 2.05) is 0 Å². The van der Waals surface area contributed by atoms with Gasteiger partial charge in [0.05, 0.1) is 16.7 Å². The number of hydrogen-bond donors (Lipinski definition) is 0. The molecule has 0 saturated carbocycles. The highest BCUT2D eigenvalue weighted by molar-refractivity contribution is 6.13. The number of nitrogens with zero attached hydrogens (tertiary/aromatic N) is 2. The first-order valence-corrected chi connectivity index (χ1v) is 20.6. The van der Waals surface area contributed by atoms with E-state index in [0.29, 0.717) is 0 Å². The van der Waals surface area contributed by atoms with Crippen LogP contribution in [0, 0.1) is 0 Å². The lowest BCUT2D eigenvalue weighted by atomic mass is 9.94. The van der Waals surface area contributed by atoms with E-state index in [0.717, 1.165) is 22.7 Å². The molecular formula is C58H40N2. The summed E-state index contributed by atoms with van der Waals surface area (Å²) in [5, 5.41) is 5.04. The van der Waals surface area contributed by atoms with Gasteiger partial charge >= 0.3 is 0 Å². The molecule has 0 aliphatic carbocycles. The second kappa shape index (κ2) is 15.1. The predicted molar refractivity (Wildman–Crippen MR) is 255 cm³/mol. The number of rotatable bonds is 8. The third-order valence-corrected chi connectivity index (χ3v) is 11.8. The molecule has 11 rings (SSSR count). The van der Waals surface area contributed by atoms with E-state index in [1.165, 1.54) is 77.1 Å². The largest absolute Gasteiger partial charge is 0.310 e. The highest BCUT2D eigenvalue weighted by Crippen LogP contribution is 2.43. The molecule has 1 heterocycles. The summed E-state index contributed by atoms with van der Waals surface area (Å²) in [5.41, 5.74) is 16.4. The first kappa shape index (κ1) is 35.2. The van der Waals surface area contributed by atoms with Gasteiger partial charge in [0.1, 0.15) is 0 Å². The maximum absolute atomic E-state index is 2.41. The van der Waals surface area contributed by atoms with Crippen molar-refractivity contribution >= 4 is 49.6 Å². The van der Waals surface area contributed by atoms with Crippen LogP contribution in [0.15, 0.2) is 243 Å². The Kier molecular flexibility index (Phi) is 8.87. The average molecular weight is 765 g/mol. The topological polar surface area (TPSA) is 8.17 Å². The van der Waals surface area contributed by atoms with Crippen molar-refractivity contribution in [2.75, 3.05) is 4.90 Å². The Labute approximate surface area is 350 Å². The molecule has 0 fully saturated rings. The quantitative estimate of drug-likeness (QED) is 0.150. The fourth-order valence-corrected chi connectivity index (χ4v) is 8.89. The van der Waals surface area contributed by atoms with Crippen molar-refractivity contribution in [2.24, 2.45) is 0 Å². The lowest BCUT2D eigenvalue weighted by Gasteiger charge is -2.28. The third-order valence-electron chi connectivity index (χ3n) is 11.8. The summed E-state index contributed by atoms with van der Waals surface area (Å²) in [6.45, 7) is 0. The van der Waals surface area contributed by atoms with Crippen molar-refractivity contribution in [2.45, 2.75) is 0 Å². The van der Waals surface area contributed by atoms with E-state index in [9.17, 15) is 0 Å². The molecule has 10 aromatic carbocycles. The van der Waals surface area contributed by atoms with E-state index >= 15 is 0 Å². The fourth-order valence-electron chi connectivity index (χ4n) is 8.89. The molecule has 0 amide bonds. The van der Waals surface area contributed by atoms with Crippen LogP contribution < -0.4 is 4.90 Å². The molecule has 0 unspecified atom stereocenters. The first-order valence-electron chi connectivity index (χ1n) is 20.6. The number of fused-ring (bicyclic) bond motifs is 4. The lowest BCUT2D eigenvalue weighted by molar-refractivity contribution is 1.18. The van der Waals surface area contributed by atoms with Gasteiger partial charge in [0.2, 0.25) is 0 Å². The minimum Gasteiger partial charge on any atom is -0.310 e. The van der Waals surface area contributed by atoms with Crippen molar-refractivity contribution in [3.63, 3.8) is 0 Å². The molecule has 0 bridgehead atoms. The molecule has 0 radical (unpaired) electrons. The summed E-state index contributed by atoms with van der Waals surface area (Å²) >= 11 is 0. The van der Waals surface area contributed by atoms with Crippen LogP contribution in [0.5, 0.6) is 0 Å². The molecular weight excluding hydrogens is 725 g/mol. The molecule has 2 nitrogen and oxygen atoms in total. The monoisotopic (exact) mass is 764 g/mol. The number of anilines is 3. The second-order valence-electron chi connectivity index (χ2n) is 15.3. The zero-order chi connectivity index (χ0) is 39.8. The Morgan fingerprint density at radius 2 is 0.733 bits per heavy atom. The van der Waals surface area contributed by atoms with Crippen molar-refractivity contribution in [1.29, 1.82) is 0 Å². The molecule has 282 valence electrons. The Bertz CT molecular complexity index is 3270. The summed E-state index contributed by atoms with van der Waals surface area (Å²) in [6.07, 6.45) is 0.